The van der Waals surface area contributed by atoms with E-state index in [2.05, 4.69) is 40.1 Å². The van der Waals surface area contributed by atoms with Gasteiger partial charge in [0.15, 0.2) is 0 Å². The predicted octanol–water partition coefficient (Wildman–Crippen LogP) is 2.72. The summed E-state index contributed by atoms with van der Waals surface area (Å²) in [5.41, 5.74) is 3.59. The minimum absolute atomic E-state index is 0.646. The van der Waals surface area contributed by atoms with Gasteiger partial charge in [-0.05, 0) is 45.4 Å². The van der Waals surface area contributed by atoms with E-state index in [0.29, 0.717) is 6.04 Å². The number of aromatic nitrogens is 2. The Hall–Kier alpha value is -2.16. The van der Waals surface area contributed by atoms with Gasteiger partial charge >= 0.3 is 0 Å². The van der Waals surface area contributed by atoms with E-state index in [1.807, 2.05) is 29.8 Å². The van der Waals surface area contributed by atoms with Crippen molar-refractivity contribution in [2.75, 3.05) is 20.1 Å². The highest BCUT2D eigenvalue weighted by Crippen LogP contribution is 2.29. The van der Waals surface area contributed by atoms with Crippen molar-refractivity contribution in [1.29, 1.82) is 5.26 Å². The number of para-hydroxylation sites is 1. The van der Waals surface area contributed by atoms with E-state index in [-0.39, 0.29) is 0 Å². The maximum atomic E-state index is 9.66. The van der Waals surface area contributed by atoms with Gasteiger partial charge in [-0.3, -0.25) is 9.80 Å². The lowest BCUT2D eigenvalue weighted by atomic mass is 10.1. The first-order valence-electron chi connectivity index (χ1n) is 9.15. The van der Waals surface area contributed by atoms with Crippen LogP contribution in [0.2, 0.25) is 0 Å². The SMILES string of the molecule is Cc1nn(-c2ccccc2)c(CN2CC[C@H]3CC[C@@H](C2)N3C)c1C#N. The summed E-state index contributed by atoms with van der Waals surface area (Å²) in [7, 11) is 2.27. The molecule has 0 spiro atoms. The van der Waals surface area contributed by atoms with Crippen molar-refractivity contribution in [3.8, 4) is 11.8 Å². The lowest BCUT2D eigenvalue weighted by Crippen LogP contribution is -2.36. The van der Waals surface area contributed by atoms with Gasteiger partial charge in [-0.2, -0.15) is 10.4 Å². The molecule has 0 unspecified atom stereocenters. The number of benzene rings is 1. The summed E-state index contributed by atoms with van der Waals surface area (Å²) in [4.78, 5) is 5.07. The standard InChI is InChI=1S/C20H25N5/c1-15-19(12-21)20(25(22-15)17-6-4-3-5-7-17)14-24-11-10-16-8-9-18(13-24)23(16)2/h3-7,16,18H,8-11,13-14H2,1-2H3/t16-,18+/m1/s1. The van der Waals surface area contributed by atoms with Gasteiger partial charge < -0.3 is 0 Å². The molecule has 2 atom stereocenters. The lowest BCUT2D eigenvalue weighted by Gasteiger charge is -2.26. The van der Waals surface area contributed by atoms with Crippen LogP contribution in [0.25, 0.3) is 5.69 Å². The molecule has 1 aromatic heterocycles. The van der Waals surface area contributed by atoms with Crippen LogP contribution in [0.15, 0.2) is 30.3 Å². The molecule has 2 aromatic rings. The van der Waals surface area contributed by atoms with E-state index in [4.69, 9.17) is 0 Å². The molecule has 25 heavy (non-hydrogen) atoms. The van der Waals surface area contributed by atoms with Crippen LogP contribution in [0.1, 0.15) is 36.2 Å². The van der Waals surface area contributed by atoms with Crippen LogP contribution >= 0.6 is 0 Å². The van der Waals surface area contributed by atoms with Gasteiger partial charge in [0, 0.05) is 31.7 Å². The number of nitrogens with zero attached hydrogens (tertiary/aromatic N) is 5. The molecule has 0 radical (unpaired) electrons. The molecule has 0 saturated carbocycles. The molecule has 0 amide bonds. The largest absolute Gasteiger partial charge is 0.299 e. The molecule has 2 aliphatic heterocycles. The Bertz CT molecular complexity index is 788. The average molecular weight is 335 g/mol. The molecule has 0 N–H and O–H groups in total. The molecular weight excluding hydrogens is 310 g/mol. The molecule has 2 saturated heterocycles. The molecule has 130 valence electrons. The van der Waals surface area contributed by atoms with E-state index < -0.39 is 0 Å². The summed E-state index contributed by atoms with van der Waals surface area (Å²) in [5, 5.41) is 14.3. The first-order chi connectivity index (χ1) is 12.2. The Labute approximate surface area is 149 Å². The molecular formula is C20H25N5. The number of hydrogen-bond donors (Lipinski definition) is 0. The van der Waals surface area contributed by atoms with E-state index in [9.17, 15) is 5.26 Å². The fourth-order valence-electron chi connectivity index (χ4n) is 4.38. The van der Waals surface area contributed by atoms with E-state index >= 15 is 0 Å². The number of likely N-dealkylation sites (N-methyl/N-ethyl adjacent to an activating group) is 1. The lowest BCUT2D eigenvalue weighted by molar-refractivity contribution is 0.212. The number of likely N-dealkylation sites (tertiary alicyclic amines) is 1. The van der Waals surface area contributed by atoms with Crippen LogP contribution in [0, 0.1) is 18.3 Å². The quantitative estimate of drug-likeness (QED) is 0.865. The second-order valence-corrected chi connectivity index (χ2v) is 7.34. The number of aryl methyl sites for hydroxylation is 1. The third-order valence-electron chi connectivity index (χ3n) is 5.87. The van der Waals surface area contributed by atoms with E-state index in [1.165, 1.54) is 19.3 Å². The van der Waals surface area contributed by atoms with Crippen LogP contribution in [0.4, 0.5) is 0 Å². The van der Waals surface area contributed by atoms with Gasteiger partial charge in [-0.15, -0.1) is 0 Å². The molecule has 5 nitrogen and oxygen atoms in total. The highest BCUT2D eigenvalue weighted by Gasteiger charge is 2.35. The minimum Gasteiger partial charge on any atom is -0.299 e. The zero-order valence-electron chi connectivity index (χ0n) is 15.0. The van der Waals surface area contributed by atoms with Crippen LogP contribution in [-0.4, -0.2) is 51.8 Å². The van der Waals surface area contributed by atoms with Crippen molar-refractivity contribution in [3.63, 3.8) is 0 Å². The van der Waals surface area contributed by atoms with Gasteiger partial charge in [0.2, 0.25) is 0 Å². The van der Waals surface area contributed by atoms with Crippen molar-refractivity contribution < 1.29 is 0 Å². The summed E-state index contributed by atoms with van der Waals surface area (Å²) in [6, 6.07) is 13.9. The molecule has 2 fully saturated rings. The first-order valence-corrected chi connectivity index (χ1v) is 9.15. The maximum absolute atomic E-state index is 9.66. The van der Waals surface area contributed by atoms with Crippen molar-refractivity contribution in [3.05, 3.63) is 47.3 Å². The molecule has 2 aliphatic rings. The third kappa shape index (κ3) is 2.97. The van der Waals surface area contributed by atoms with Gasteiger partial charge in [0.1, 0.15) is 6.07 Å². The Kier molecular flexibility index (Phi) is 4.32. The van der Waals surface area contributed by atoms with Crippen LogP contribution in [0.5, 0.6) is 0 Å². The van der Waals surface area contributed by atoms with E-state index in [1.54, 1.807) is 0 Å². The second kappa shape index (κ2) is 6.62. The highest BCUT2D eigenvalue weighted by atomic mass is 15.3. The van der Waals surface area contributed by atoms with Crippen molar-refractivity contribution in [2.45, 2.75) is 44.8 Å². The minimum atomic E-state index is 0.646. The summed E-state index contributed by atoms with van der Waals surface area (Å²) in [5.74, 6) is 0. The fraction of sp³-hybridized carbons (Fsp3) is 0.500. The second-order valence-electron chi connectivity index (χ2n) is 7.34. The van der Waals surface area contributed by atoms with Crippen LogP contribution in [0.3, 0.4) is 0 Å². The van der Waals surface area contributed by atoms with Gasteiger partial charge in [-0.25, -0.2) is 4.68 Å². The number of fused-ring (bicyclic) bond motifs is 2. The van der Waals surface area contributed by atoms with Crippen molar-refractivity contribution in [1.82, 2.24) is 19.6 Å². The van der Waals surface area contributed by atoms with Crippen LogP contribution in [-0.2, 0) is 6.54 Å². The van der Waals surface area contributed by atoms with Crippen molar-refractivity contribution in [2.24, 2.45) is 0 Å². The van der Waals surface area contributed by atoms with Crippen molar-refractivity contribution >= 4 is 0 Å². The molecule has 1 aromatic carbocycles. The Morgan fingerprint density at radius 3 is 2.68 bits per heavy atom. The summed E-state index contributed by atoms with van der Waals surface area (Å²) in [6.07, 6.45) is 3.84. The monoisotopic (exact) mass is 335 g/mol. The summed E-state index contributed by atoms with van der Waals surface area (Å²) >= 11 is 0. The molecule has 4 rings (SSSR count). The van der Waals surface area contributed by atoms with Gasteiger partial charge in [-0.1, -0.05) is 18.2 Å². The normalized spacial score (nSPS) is 24.2. The first kappa shape index (κ1) is 16.3. The number of hydrogen-bond acceptors (Lipinski definition) is 4. The molecule has 5 heteroatoms. The fourth-order valence-corrected chi connectivity index (χ4v) is 4.38. The smallest absolute Gasteiger partial charge is 0.103 e. The number of rotatable bonds is 3. The Balaban J connectivity index is 1.65. The zero-order valence-corrected chi connectivity index (χ0v) is 15.0. The zero-order chi connectivity index (χ0) is 17.4. The highest BCUT2D eigenvalue weighted by molar-refractivity contribution is 5.43. The third-order valence-corrected chi connectivity index (χ3v) is 5.87. The number of nitriles is 1. The Morgan fingerprint density at radius 2 is 1.92 bits per heavy atom. The molecule has 0 aliphatic carbocycles. The topological polar surface area (TPSA) is 48.1 Å². The summed E-state index contributed by atoms with van der Waals surface area (Å²) < 4.78 is 1.96. The summed E-state index contributed by atoms with van der Waals surface area (Å²) in [6.45, 7) is 4.89. The molecule has 2 bridgehead atoms. The average Bonchev–Trinajstić information content (AvgIpc) is 3.06. The van der Waals surface area contributed by atoms with E-state index in [0.717, 1.165) is 48.3 Å². The predicted molar refractivity (Wildman–Crippen MR) is 97.5 cm³/mol. The Morgan fingerprint density at radius 1 is 1.16 bits per heavy atom. The van der Waals surface area contributed by atoms with Gasteiger partial charge in [0.05, 0.1) is 22.6 Å². The van der Waals surface area contributed by atoms with Gasteiger partial charge in [0.25, 0.3) is 0 Å². The maximum Gasteiger partial charge on any atom is 0.103 e. The van der Waals surface area contributed by atoms with Crippen LogP contribution < -0.4 is 0 Å². The molecule has 3 heterocycles.